The fraction of sp³-hybridized carbons (Fsp3) is 0.375. The molecule has 3 rings (SSSR count). The Balaban J connectivity index is 1.79. The molecular formula is C24H28ClNO5S3. The second-order valence-electron chi connectivity index (χ2n) is 8.04. The first-order chi connectivity index (χ1) is 16.0. The average Bonchev–Trinajstić information content (AvgIpc) is 3.11. The lowest BCUT2D eigenvalue weighted by atomic mass is 10.2. The average molecular weight is 542 g/mol. The molecule has 1 aromatic heterocycles. The molecule has 0 aliphatic rings. The molecule has 10 heteroatoms. The van der Waals surface area contributed by atoms with Gasteiger partial charge in [-0.1, -0.05) is 18.5 Å². The van der Waals surface area contributed by atoms with E-state index in [0.717, 1.165) is 26.1 Å². The van der Waals surface area contributed by atoms with Crippen LogP contribution in [0.15, 0.2) is 45.5 Å². The van der Waals surface area contributed by atoms with Gasteiger partial charge in [-0.05, 0) is 80.1 Å². The summed E-state index contributed by atoms with van der Waals surface area (Å²) in [5, 5.41) is 10.2. The van der Waals surface area contributed by atoms with Crippen LogP contribution in [0, 0.1) is 13.8 Å². The third-order valence-corrected chi connectivity index (χ3v) is 10.7. The van der Waals surface area contributed by atoms with Crippen molar-refractivity contribution in [1.29, 1.82) is 0 Å². The Bertz CT molecular complexity index is 1290. The highest BCUT2D eigenvalue weighted by atomic mass is 35.5. The molecule has 0 amide bonds. The van der Waals surface area contributed by atoms with Gasteiger partial charge in [0.15, 0.2) is 6.61 Å². The zero-order valence-electron chi connectivity index (χ0n) is 19.5. The summed E-state index contributed by atoms with van der Waals surface area (Å²) < 4.78 is 35.6. The molecule has 1 heterocycles. The van der Waals surface area contributed by atoms with E-state index in [4.69, 9.17) is 21.4 Å². The topological polar surface area (TPSA) is 83.9 Å². The smallest absolute Gasteiger partial charge is 0.341 e. The van der Waals surface area contributed by atoms with Crippen LogP contribution in [0.3, 0.4) is 0 Å². The number of carboxylic acid groups (broad SMARTS) is 1. The minimum absolute atomic E-state index is 0.230. The first-order valence-electron chi connectivity index (χ1n) is 10.8. The first kappa shape index (κ1) is 26.8. The normalized spacial score (nSPS) is 12.9. The van der Waals surface area contributed by atoms with Crippen LogP contribution in [-0.2, 0) is 14.8 Å². The van der Waals surface area contributed by atoms with Gasteiger partial charge in [0.05, 0.1) is 0 Å². The predicted molar refractivity (Wildman–Crippen MR) is 140 cm³/mol. The summed E-state index contributed by atoms with van der Waals surface area (Å²) in [6.45, 7) is 7.63. The van der Waals surface area contributed by atoms with Crippen molar-refractivity contribution in [2.45, 2.75) is 49.3 Å². The number of carbonyl (C=O) groups is 1. The van der Waals surface area contributed by atoms with Crippen LogP contribution in [0.5, 0.6) is 5.75 Å². The number of hydrogen-bond acceptors (Lipinski definition) is 6. The number of hydrogen-bond donors (Lipinski definition) is 1. The van der Waals surface area contributed by atoms with Gasteiger partial charge in [-0.2, -0.15) is 4.31 Å². The number of aryl methyl sites for hydroxylation is 2. The van der Waals surface area contributed by atoms with Gasteiger partial charge >= 0.3 is 5.97 Å². The van der Waals surface area contributed by atoms with Crippen molar-refractivity contribution < 1.29 is 23.1 Å². The lowest BCUT2D eigenvalue weighted by molar-refractivity contribution is -0.139. The Hall–Kier alpha value is -1.78. The summed E-state index contributed by atoms with van der Waals surface area (Å²) >= 11 is 8.98. The van der Waals surface area contributed by atoms with E-state index in [2.05, 4.69) is 0 Å². The van der Waals surface area contributed by atoms with E-state index in [9.17, 15) is 13.2 Å². The molecule has 6 nitrogen and oxygen atoms in total. The number of sulfonamides is 1. The third kappa shape index (κ3) is 6.07. The summed E-state index contributed by atoms with van der Waals surface area (Å²) in [6, 6.07) is 10.8. The van der Waals surface area contributed by atoms with Crippen molar-refractivity contribution >= 4 is 60.8 Å². The molecule has 1 unspecified atom stereocenters. The second kappa shape index (κ2) is 11.3. The molecular weight excluding hydrogens is 514 g/mol. The van der Waals surface area contributed by atoms with Crippen molar-refractivity contribution in [3.63, 3.8) is 0 Å². The molecule has 2 aromatic carbocycles. The zero-order chi connectivity index (χ0) is 25.0. The van der Waals surface area contributed by atoms with Crippen molar-refractivity contribution in [1.82, 2.24) is 4.31 Å². The van der Waals surface area contributed by atoms with Crippen LogP contribution in [0.25, 0.3) is 10.1 Å². The largest absolute Gasteiger partial charge is 0.482 e. The lowest BCUT2D eigenvalue weighted by Gasteiger charge is -2.27. The SMILES string of the molecule is CCCN(C(C)CSc1ccc(OCC(=O)O)c(C)c1)S(=O)(=O)c1sc2ccc(Cl)cc2c1C. The zero-order valence-corrected chi connectivity index (χ0v) is 22.7. The fourth-order valence-corrected chi connectivity index (χ4v) is 8.52. The van der Waals surface area contributed by atoms with Gasteiger partial charge in [-0.25, -0.2) is 13.2 Å². The monoisotopic (exact) mass is 541 g/mol. The fourth-order valence-electron chi connectivity index (χ4n) is 3.63. The van der Waals surface area contributed by atoms with E-state index in [1.165, 1.54) is 11.3 Å². The highest BCUT2D eigenvalue weighted by Gasteiger charge is 2.32. The van der Waals surface area contributed by atoms with Crippen molar-refractivity contribution in [3.8, 4) is 5.75 Å². The summed E-state index contributed by atoms with van der Waals surface area (Å²) in [6.07, 6.45) is 0.707. The molecule has 0 bridgehead atoms. The Morgan fingerprint density at radius 3 is 2.62 bits per heavy atom. The highest BCUT2D eigenvalue weighted by molar-refractivity contribution is 7.99. The molecule has 1 atom stereocenters. The highest BCUT2D eigenvalue weighted by Crippen LogP contribution is 2.38. The molecule has 1 N–H and O–H groups in total. The van der Waals surface area contributed by atoms with Gasteiger partial charge in [-0.15, -0.1) is 23.1 Å². The van der Waals surface area contributed by atoms with E-state index < -0.39 is 22.6 Å². The minimum atomic E-state index is -3.68. The summed E-state index contributed by atoms with van der Waals surface area (Å²) in [5.41, 5.74) is 1.56. The van der Waals surface area contributed by atoms with Crippen molar-refractivity contribution in [3.05, 3.63) is 52.5 Å². The maximum atomic E-state index is 13.7. The van der Waals surface area contributed by atoms with E-state index >= 15 is 0 Å². The third-order valence-electron chi connectivity index (χ3n) is 5.32. The minimum Gasteiger partial charge on any atom is -0.482 e. The van der Waals surface area contributed by atoms with Gasteiger partial charge in [0.2, 0.25) is 0 Å². The summed E-state index contributed by atoms with van der Waals surface area (Å²) in [4.78, 5) is 11.7. The quantitative estimate of drug-likeness (QED) is 0.290. The Morgan fingerprint density at radius 2 is 1.97 bits per heavy atom. The number of aliphatic carboxylic acids is 1. The molecule has 0 saturated carbocycles. The molecule has 0 fully saturated rings. The van der Waals surface area contributed by atoms with Crippen molar-refractivity contribution in [2.75, 3.05) is 18.9 Å². The molecule has 0 radical (unpaired) electrons. The van der Waals surface area contributed by atoms with E-state index in [0.29, 0.717) is 33.7 Å². The molecule has 3 aromatic rings. The Labute approximate surface area is 213 Å². The standard InChI is InChI=1S/C24H28ClNO5S3/c1-5-10-26(34(29,30)24-17(4)20-12-18(25)6-9-22(20)33-24)16(3)14-32-19-7-8-21(15(2)11-19)31-13-23(27)28/h6-9,11-12,16H,5,10,13-14H2,1-4H3,(H,27,28). The molecule has 184 valence electrons. The maximum absolute atomic E-state index is 13.7. The van der Waals surface area contributed by atoms with Crippen LogP contribution in [-0.4, -0.2) is 48.7 Å². The molecule has 34 heavy (non-hydrogen) atoms. The number of rotatable bonds is 11. The summed E-state index contributed by atoms with van der Waals surface area (Å²) in [5.74, 6) is 0.0697. The molecule has 0 aliphatic heterocycles. The number of benzene rings is 2. The Kier molecular flexibility index (Phi) is 8.92. The number of nitrogens with zero attached hydrogens (tertiary/aromatic N) is 1. The second-order valence-corrected chi connectivity index (χ2v) is 12.7. The van der Waals surface area contributed by atoms with E-state index in [1.807, 2.05) is 52.0 Å². The van der Waals surface area contributed by atoms with Crippen molar-refractivity contribution in [2.24, 2.45) is 0 Å². The molecule has 0 saturated heterocycles. The number of carboxylic acids is 1. The number of fused-ring (bicyclic) bond motifs is 1. The van der Waals surface area contributed by atoms with Gasteiger partial charge in [0.25, 0.3) is 10.0 Å². The maximum Gasteiger partial charge on any atom is 0.341 e. The van der Waals surface area contributed by atoms with Gasteiger partial charge in [0, 0.05) is 33.0 Å². The van der Waals surface area contributed by atoms with Crippen LogP contribution < -0.4 is 4.74 Å². The van der Waals surface area contributed by atoms with E-state index in [1.54, 1.807) is 28.2 Å². The first-order valence-corrected chi connectivity index (χ1v) is 14.4. The molecule has 0 spiro atoms. The number of thioether (sulfide) groups is 1. The van der Waals surface area contributed by atoms with Gasteiger partial charge < -0.3 is 9.84 Å². The Morgan fingerprint density at radius 1 is 1.24 bits per heavy atom. The van der Waals surface area contributed by atoms with Crippen LogP contribution >= 0.6 is 34.7 Å². The lowest BCUT2D eigenvalue weighted by Crippen LogP contribution is -2.40. The number of halogens is 1. The number of ether oxygens (including phenoxy) is 1. The molecule has 0 aliphatic carbocycles. The van der Waals surface area contributed by atoms with E-state index in [-0.39, 0.29) is 6.04 Å². The van der Waals surface area contributed by atoms with Crippen LogP contribution in [0.2, 0.25) is 5.02 Å². The number of thiophene rings is 1. The van der Waals surface area contributed by atoms with Gasteiger partial charge in [-0.3, -0.25) is 0 Å². The predicted octanol–water partition coefficient (Wildman–Crippen LogP) is 6.22. The van der Waals surface area contributed by atoms with Crippen LogP contribution in [0.1, 0.15) is 31.4 Å². The summed E-state index contributed by atoms with van der Waals surface area (Å²) in [7, 11) is -3.68. The van der Waals surface area contributed by atoms with Crippen LogP contribution in [0.4, 0.5) is 0 Å². The van der Waals surface area contributed by atoms with Gasteiger partial charge in [0.1, 0.15) is 9.96 Å².